The molecule has 116 valence electrons. The molecule has 0 spiro atoms. The van der Waals surface area contributed by atoms with Crippen LogP contribution in [0.5, 0.6) is 0 Å². The molecule has 1 aromatic heterocycles. The molecule has 1 saturated heterocycles. The van der Waals surface area contributed by atoms with Crippen LogP contribution in [0.15, 0.2) is 17.5 Å². The Labute approximate surface area is 129 Å². The predicted octanol–water partition coefficient (Wildman–Crippen LogP) is 1.49. The van der Waals surface area contributed by atoms with Crippen molar-refractivity contribution in [3.8, 4) is 0 Å². The van der Waals surface area contributed by atoms with Crippen LogP contribution in [0.1, 0.15) is 35.9 Å². The highest BCUT2D eigenvalue weighted by atomic mass is 32.1. The molecule has 0 radical (unpaired) electrons. The molecule has 0 bridgehead atoms. The zero-order valence-electron chi connectivity index (χ0n) is 12.2. The van der Waals surface area contributed by atoms with E-state index in [1.54, 1.807) is 6.07 Å². The second-order valence-electron chi connectivity index (χ2n) is 5.50. The first-order valence-electron chi connectivity index (χ1n) is 7.34. The van der Waals surface area contributed by atoms with Gasteiger partial charge in [-0.15, -0.1) is 11.3 Å². The van der Waals surface area contributed by atoms with Crippen molar-refractivity contribution in [2.24, 2.45) is 5.92 Å². The molecule has 0 aliphatic carbocycles. The van der Waals surface area contributed by atoms with E-state index < -0.39 is 0 Å². The summed E-state index contributed by atoms with van der Waals surface area (Å²) in [6.07, 6.45) is 2.20. The highest BCUT2D eigenvalue weighted by molar-refractivity contribution is 7.12. The van der Waals surface area contributed by atoms with E-state index >= 15 is 0 Å². The summed E-state index contributed by atoms with van der Waals surface area (Å²) in [5.41, 5.74) is 0. The second-order valence-corrected chi connectivity index (χ2v) is 6.45. The van der Waals surface area contributed by atoms with Gasteiger partial charge in [0.25, 0.3) is 5.91 Å². The number of amides is 2. The Hall–Kier alpha value is -1.40. The maximum absolute atomic E-state index is 12.2. The molecule has 1 fully saturated rings. The van der Waals surface area contributed by atoms with Gasteiger partial charge in [-0.3, -0.25) is 9.59 Å². The molecular weight excluding hydrogens is 288 g/mol. The van der Waals surface area contributed by atoms with Crippen molar-refractivity contribution in [3.63, 3.8) is 0 Å². The lowest BCUT2D eigenvalue weighted by atomic mass is 9.94. The molecule has 1 aromatic rings. The summed E-state index contributed by atoms with van der Waals surface area (Å²) in [6, 6.07) is 3.81. The molecule has 21 heavy (non-hydrogen) atoms. The van der Waals surface area contributed by atoms with Crippen LogP contribution in [-0.2, 0) is 4.79 Å². The number of hydrogen-bond donors (Lipinski definition) is 2. The smallest absolute Gasteiger partial charge is 0.261 e. The van der Waals surface area contributed by atoms with Gasteiger partial charge in [0.15, 0.2) is 0 Å². The van der Waals surface area contributed by atoms with E-state index in [4.69, 9.17) is 0 Å². The molecule has 1 aliphatic rings. The number of carbonyl (C=O) groups excluding carboxylic acids is 2. The van der Waals surface area contributed by atoms with Crippen molar-refractivity contribution in [3.05, 3.63) is 22.4 Å². The van der Waals surface area contributed by atoms with Crippen LogP contribution >= 0.6 is 11.3 Å². The largest absolute Gasteiger partial charge is 0.396 e. The van der Waals surface area contributed by atoms with Crippen molar-refractivity contribution >= 4 is 23.2 Å². The second kappa shape index (κ2) is 7.56. The summed E-state index contributed by atoms with van der Waals surface area (Å²) < 4.78 is 0. The summed E-state index contributed by atoms with van der Waals surface area (Å²) in [6.45, 7) is 3.14. The number of nitrogens with zero attached hydrogens (tertiary/aromatic N) is 1. The fourth-order valence-electron chi connectivity index (χ4n) is 2.60. The van der Waals surface area contributed by atoms with Crippen molar-refractivity contribution in [2.45, 2.75) is 32.2 Å². The molecule has 6 heteroatoms. The third-order valence-corrected chi connectivity index (χ3v) is 4.80. The van der Waals surface area contributed by atoms with Crippen molar-refractivity contribution < 1.29 is 14.7 Å². The van der Waals surface area contributed by atoms with E-state index in [0.29, 0.717) is 24.4 Å². The van der Waals surface area contributed by atoms with E-state index in [-0.39, 0.29) is 30.4 Å². The molecule has 2 N–H and O–H groups in total. The Kier molecular flexibility index (Phi) is 5.76. The minimum Gasteiger partial charge on any atom is -0.396 e. The Bertz CT molecular complexity index is 475. The Morgan fingerprint density at radius 1 is 1.48 bits per heavy atom. The molecule has 2 rings (SSSR count). The monoisotopic (exact) mass is 310 g/mol. The number of piperidine rings is 1. The standard InChI is InChI=1S/C15H22N2O3S/c1-11-4-5-12(10-18)9-17(11)14(19)6-7-16-15(20)13-3-2-8-21-13/h2-3,8,11-12,18H,4-7,9-10H2,1H3,(H,16,20). The quantitative estimate of drug-likeness (QED) is 0.865. The average molecular weight is 310 g/mol. The van der Waals surface area contributed by atoms with Gasteiger partial charge in [0, 0.05) is 32.2 Å². The first-order chi connectivity index (χ1) is 10.1. The third-order valence-electron chi connectivity index (χ3n) is 3.93. The molecular formula is C15H22N2O3S. The number of carbonyl (C=O) groups is 2. The maximum Gasteiger partial charge on any atom is 0.261 e. The minimum atomic E-state index is -0.127. The van der Waals surface area contributed by atoms with E-state index in [9.17, 15) is 14.7 Å². The predicted molar refractivity (Wildman–Crippen MR) is 82.3 cm³/mol. The van der Waals surface area contributed by atoms with Gasteiger partial charge in [-0.25, -0.2) is 0 Å². The van der Waals surface area contributed by atoms with Crippen LogP contribution in [0.3, 0.4) is 0 Å². The van der Waals surface area contributed by atoms with Crippen LogP contribution in [-0.4, -0.2) is 47.6 Å². The van der Waals surface area contributed by atoms with Crippen LogP contribution in [0, 0.1) is 5.92 Å². The normalized spacial score (nSPS) is 22.1. The van der Waals surface area contributed by atoms with Gasteiger partial charge in [0.2, 0.25) is 5.91 Å². The van der Waals surface area contributed by atoms with E-state index in [2.05, 4.69) is 5.32 Å². The number of nitrogens with one attached hydrogen (secondary N) is 1. The lowest BCUT2D eigenvalue weighted by molar-refractivity contribution is -0.135. The highest BCUT2D eigenvalue weighted by Crippen LogP contribution is 2.22. The van der Waals surface area contributed by atoms with Gasteiger partial charge < -0.3 is 15.3 Å². The van der Waals surface area contributed by atoms with Gasteiger partial charge in [0.1, 0.15) is 0 Å². The molecule has 2 atom stereocenters. The average Bonchev–Trinajstić information content (AvgIpc) is 3.01. The molecule has 2 unspecified atom stereocenters. The van der Waals surface area contributed by atoms with Gasteiger partial charge in [-0.2, -0.15) is 0 Å². The number of thiophene rings is 1. The summed E-state index contributed by atoms with van der Waals surface area (Å²) in [4.78, 5) is 26.5. The summed E-state index contributed by atoms with van der Waals surface area (Å²) in [5.74, 6) is 0.107. The molecule has 0 saturated carbocycles. The number of likely N-dealkylation sites (tertiary alicyclic amines) is 1. The summed E-state index contributed by atoms with van der Waals surface area (Å²) in [7, 11) is 0. The lowest BCUT2D eigenvalue weighted by Gasteiger charge is -2.37. The fraction of sp³-hybridized carbons (Fsp3) is 0.600. The Morgan fingerprint density at radius 2 is 2.29 bits per heavy atom. The SMILES string of the molecule is CC1CCC(CO)CN1C(=O)CCNC(=O)c1cccs1. The van der Waals surface area contributed by atoms with E-state index in [1.165, 1.54) is 11.3 Å². The summed E-state index contributed by atoms with van der Waals surface area (Å²) in [5, 5.41) is 13.9. The summed E-state index contributed by atoms with van der Waals surface area (Å²) >= 11 is 1.39. The van der Waals surface area contributed by atoms with Gasteiger partial charge in [-0.05, 0) is 37.1 Å². The molecule has 0 aromatic carbocycles. The van der Waals surface area contributed by atoms with Gasteiger partial charge in [-0.1, -0.05) is 6.07 Å². The van der Waals surface area contributed by atoms with E-state index in [1.807, 2.05) is 23.3 Å². The zero-order chi connectivity index (χ0) is 15.2. The van der Waals surface area contributed by atoms with Crippen molar-refractivity contribution in [1.29, 1.82) is 0 Å². The lowest BCUT2D eigenvalue weighted by Crippen LogP contribution is -2.47. The third kappa shape index (κ3) is 4.28. The van der Waals surface area contributed by atoms with Crippen LogP contribution in [0.2, 0.25) is 0 Å². The molecule has 1 aliphatic heterocycles. The Morgan fingerprint density at radius 3 is 2.95 bits per heavy atom. The van der Waals surface area contributed by atoms with Crippen LogP contribution < -0.4 is 5.32 Å². The molecule has 2 amide bonds. The van der Waals surface area contributed by atoms with Crippen molar-refractivity contribution in [1.82, 2.24) is 10.2 Å². The fourth-order valence-corrected chi connectivity index (χ4v) is 3.24. The molecule has 5 nitrogen and oxygen atoms in total. The number of hydrogen-bond acceptors (Lipinski definition) is 4. The van der Waals surface area contributed by atoms with Gasteiger partial charge >= 0.3 is 0 Å². The minimum absolute atomic E-state index is 0.0483. The van der Waals surface area contributed by atoms with E-state index in [0.717, 1.165) is 12.8 Å². The topological polar surface area (TPSA) is 69.6 Å². The number of rotatable bonds is 5. The number of aliphatic hydroxyl groups excluding tert-OH is 1. The molecule has 2 heterocycles. The van der Waals surface area contributed by atoms with Crippen LogP contribution in [0.4, 0.5) is 0 Å². The zero-order valence-corrected chi connectivity index (χ0v) is 13.1. The van der Waals surface area contributed by atoms with Crippen molar-refractivity contribution in [2.75, 3.05) is 19.7 Å². The first-order valence-corrected chi connectivity index (χ1v) is 8.21. The van der Waals surface area contributed by atoms with Crippen LogP contribution in [0.25, 0.3) is 0 Å². The first kappa shape index (κ1) is 16.0. The number of aliphatic hydroxyl groups is 1. The highest BCUT2D eigenvalue weighted by Gasteiger charge is 2.28. The maximum atomic E-state index is 12.2. The Balaban J connectivity index is 1.77. The van der Waals surface area contributed by atoms with Gasteiger partial charge in [0.05, 0.1) is 4.88 Å².